The summed E-state index contributed by atoms with van der Waals surface area (Å²) in [7, 11) is 1.59. The number of aromatic nitrogens is 3. The zero-order chi connectivity index (χ0) is 13.0. The van der Waals surface area contributed by atoms with Crippen molar-refractivity contribution in [3.8, 4) is 17.4 Å². The smallest absolute Gasteiger partial charge is 0.213 e. The fourth-order valence-electron chi connectivity index (χ4n) is 1.61. The summed E-state index contributed by atoms with van der Waals surface area (Å²) in [4.78, 5) is 13.2. The minimum absolute atomic E-state index is 0.558. The van der Waals surface area contributed by atoms with Crippen LogP contribution in [0.2, 0.25) is 0 Å². The molecule has 0 aliphatic heterocycles. The molecule has 5 heteroatoms. The maximum absolute atomic E-state index is 5.10. The second-order valence-electron chi connectivity index (χ2n) is 3.81. The van der Waals surface area contributed by atoms with Crippen LogP contribution in [0.1, 0.15) is 12.6 Å². The van der Waals surface area contributed by atoms with Gasteiger partial charge in [-0.15, -0.1) is 0 Å². The Morgan fingerprint density at radius 3 is 2.78 bits per heavy atom. The van der Waals surface area contributed by atoms with E-state index >= 15 is 0 Å². The summed E-state index contributed by atoms with van der Waals surface area (Å²) in [6, 6.07) is 7.45. The van der Waals surface area contributed by atoms with Crippen LogP contribution in [-0.4, -0.2) is 28.6 Å². The molecule has 0 aliphatic carbocycles. The molecule has 0 aromatic carbocycles. The van der Waals surface area contributed by atoms with Gasteiger partial charge in [0, 0.05) is 24.4 Å². The molecule has 2 rings (SSSR count). The molecule has 18 heavy (non-hydrogen) atoms. The van der Waals surface area contributed by atoms with Gasteiger partial charge >= 0.3 is 0 Å². The number of hydrogen-bond acceptors (Lipinski definition) is 5. The molecule has 2 aromatic heterocycles. The van der Waals surface area contributed by atoms with Gasteiger partial charge < -0.3 is 10.1 Å². The fraction of sp³-hybridized carbons (Fsp3) is 0.308. The molecule has 2 heterocycles. The molecule has 0 atom stereocenters. The maximum Gasteiger partial charge on any atom is 0.213 e. The minimum Gasteiger partial charge on any atom is -0.481 e. The molecule has 2 aromatic rings. The predicted molar refractivity (Wildman–Crippen MR) is 70.7 cm³/mol. The summed E-state index contributed by atoms with van der Waals surface area (Å²) < 4.78 is 5.10. The summed E-state index contributed by atoms with van der Waals surface area (Å²) in [5.41, 5.74) is 1.61. The zero-order valence-corrected chi connectivity index (χ0v) is 10.8. The lowest BCUT2D eigenvalue weighted by atomic mass is 10.3. The maximum atomic E-state index is 5.10. The Labute approximate surface area is 106 Å². The summed E-state index contributed by atoms with van der Waals surface area (Å²) >= 11 is 0. The third-order valence-corrected chi connectivity index (χ3v) is 2.37. The first kappa shape index (κ1) is 12.3. The van der Waals surface area contributed by atoms with Crippen LogP contribution in [0, 0.1) is 6.92 Å². The quantitative estimate of drug-likeness (QED) is 0.894. The molecular weight excluding hydrogens is 228 g/mol. The molecule has 0 amide bonds. The largest absolute Gasteiger partial charge is 0.481 e. The molecule has 1 N–H and O–H groups in total. The van der Waals surface area contributed by atoms with Crippen molar-refractivity contribution in [2.45, 2.75) is 13.8 Å². The van der Waals surface area contributed by atoms with E-state index in [2.05, 4.69) is 20.3 Å². The third kappa shape index (κ3) is 2.74. The number of ether oxygens (including phenoxy) is 1. The second-order valence-corrected chi connectivity index (χ2v) is 3.81. The number of nitrogens with zero attached hydrogens (tertiary/aromatic N) is 3. The van der Waals surface area contributed by atoms with E-state index in [1.165, 1.54) is 0 Å². The van der Waals surface area contributed by atoms with Gasteiger partial charge in [0.15, 0.2) is 5.82 Å². The van der Waals surface area contributed by atoms with Gasteiger partial charge in [-0.1, -0.05) is 6.07 Å². The Hall–Kier alpha value is -2.17. The standard InChI is InChI=1S/C13H16N4O/c1-4-14-11-8-9(2)15-13(17-11)10-6-5-7-12(16-10)18-3/h5-8H,4H2,1-3H3,(H,14,15,17). The molecule has 0 saturated carbocycles. The number of rotatable bonds is 4. The van der Waals surface area contributed by atoms with Crippen LogP contribution in [0.4, 0.5) is 5.82 Å². The molecule has 0 bridgehead atoms. The SMILES string of the molecule is CCNc1cc(C)nc(-c2cccc(OC)n2)n1. The Morgan fingerprint density at radius 1 is 1.22 bits per heavy atom. The van der Waals surface area contributed by atoms with E-state index in [9.17, 15) is 0 Å². The van der Waals surface area contributed by atoms with Gasteiger partial charge in [0.1, 0.15) is 11.5 Å². The topological polar surface area (TPSA) is 59.9 Å². The third-order valence-electron chi connectivity index (χ3n) is 2.37. The Morgan fingerprint density at radius 2 is 2.06 bits per heavy atom. The molecule has 0 fully saturated rings. The zero-order valence-electron chi connectivity index (χ0n) is 10.8. The van der Waals surface area contributed by atoms with Crippen LogP contribution >= 0.6 is 0 Å². The average Bonchev–Trinajstić information content (AvgIpc) is 2.38. The van der Waals surface area contributed by atoms with E-state index in [1.54, 1.807) is 13.2 Å². The molecule has 5 nitrogen and oxygen atoms in total. The van der Waals surface area contributed by atoms with Crippen molar-refractivity contribution in [2.75, 3.05) is 19.0 Å². The van der Waals surface area contributed by atoms with Gasteiger partial charge in [0.05, 0.1) is 7.11 Å². The van der Waals surface area contributed by atoms with Crippen LogP contribution in [-0.2, 0) is 0 Å². The summed E-state index contributed by atoms with van der Waals surface area (Å²) in [5.74, 6) is 1.97. The lowest BCUT2D eigenvalue weighted by molar-refractivity contribution is 0.398. The van der Waals surface area contributed by atoms with Crippen LogP contribution in [0.25, 0.3) is 11.5 Å². The van der Waals surface area contributed by atoms with E-state index < -0.39 is 0 Å². The highest BCUT2D eigenvalue weighted by atomic mass is 16.5. The molecule has 94 valence electrons. The lowest BCUT2D eigenvalue weighted by Crippen LogP contribution is -2.03. The van der Waals surface area contributed by atoms with Crippen molar-refractivity contribution >= 4 is 5.82 Å². The van der Waals surface area contributed by atoms with E-state index in [-0.39, 0.29) is 0 Å². The van der Waals surface area contributed by atoms with E-state index in [0.717, 1.165) is 18.1 Å². The van der Waals surface area contributed by atoms with Crippen LogP contribution in [0.15, 0.2) is 24.3 Å². The van der Waals surface area contributed by atoms with Crippen LogP contribution in [0.5, 0.6) is 5.88 Å². The van der Waals surface area contributed by atoms with Crippen molar-refractivity contribution in [2.24, 2.45) is 0 Å². The van der Waals surface area contributed by atoms with E-state index in [4.69, 9.17) is 4.74 Å². The van der Waals surface area contributed by atoms with Crippen molar-refractivity contribution in [3.63, 3.8) is 0 Å². The number of nitrogens with one attached hydrogen (secondary N) is 1. The number of hydrogen-bond donors (Lipinski definition) is 1. The summed E-state index contributed by atoms with van der Waals surface area (Å²) in [6.07, 6.45) is 0. The average molecular weight is 244 g/mol. The number of methoxy groups -OCH3 is 1. The van der Waals surface area contributed by atoms with Gasteiger partial charge in [0.25, 0.3) is 0 Å². The van der Waals surface area contributed by atoms with E-state index in [0.29, 0.717) is 17.4 Å². The predicted octanol–water partition coefficient (Wildman–Crippen LogP) is 2.29. The monoisotopic (exact) mass is 244 g/mol. The van der Waals surface area contributed by atoms with Gasteiger partial charge in [0.2, 0.25) is 5.88 Å². The molecule has 0 unspecified atom stereocenters. The Balaban J connectivity index is 2.42. The second kappa shape index (κ2) is 5.44. The summed E-state index contributed by atoms with van der Waals surface area (Å²) in [5, 5.41) is 3.18. The van der Waals surface area contributed by atoms with Crippen LogP contribution in [0.3, 0.4) is 0 Å². The fourth-order valence-corrected chi connectivity index (χ4v) is 1.61. The molecule has 0 radical (unpaired) electrons. The van der Waals surface area contributed by atoms with Crippen molar-refractivity contribution < 1.29 is 4.74 Å². The number of pyridine rings is 1. The van der Waals surface area contributed by atoms with Gasteiger partial charge in [-0.2, -0.15) is 0 Å². The highest BCUT2D eigenvalue weighted by molar-refractivity contribution is 5.53. The molecule has 0 saturated heterocycles. The Kier molecular flexibility index (Phi) is 3.72. The minimum atomic E-state index is 0.558. The highest BCUT2D eigenvalue weighted by Gasteiger charge is 2.07. The van der Waals surface area contributed by atoms with Crippen molar-refractivity contribution in [1.82, 2.24) is 15.0 Å². The number of aryl methyl sites for hydroxylation is 1. The Bertz CT molecular complexity index is 542. The van der Waals surface area contributed by atoms with Crippen LogP contribution < -0.4 is 10.1 Å². The molecular formula is C13H16N4O. The summed E-state index contributed by atoms with van der Waals surface area (Å²) in [6.45, 7) is 4.79. The van der Waals surface area contributed by atoms with Crippen molar-refractivity contribution in [1.29, 1.82) is 0 Å². The highest BCUT2D eigenvalue weighted by Crippen LogP contribution is 2.18. The normalized spacial score (nSPS) is 10.2. The van der Waals surface area contributed by atoms with Crippen molar-refractivity contribution in [3.05, 3.63) is 30.0 Å². The first-order valence-corrected chi connectivity index (χ1v) is 5.84. The van der Waals surface area contributed by atoms with E-state index in [1.807, 2.05) is 32.0 Å². The van der Waals surface area contributed by atoms with Gasteiger partial charge in [-0.3, -0.25) is 0 Å². The lowest BCUT2D eigenvalue weighted by Gasteiger charge is -2.07. The van der Waals surface area contributed by atoms with Gasteiger partial charge in [-0.25, -0.2) is 15.0 Å². The molecule has 0 spiro atoms. The molecule has 0 aliphatic rings. The first-order chi connectivity index (χ1) is 8.72. The first-order valence-electron chi connectivity index (χ1n) is 5.84. The van der Waals surface area contributed by atoms with Gasteiger partial charge in [-0.05, 0) is 19.9 Å². The number of anilines is 1.